The molecule has 2 aromatic heterocycles. The average molecular weight is 1040 g/mol. The molecule has 2 aliphatic rings. The third-order valence-electron chi connectivity index (χ3n) is 11.3. The third kappa shape index (κ3) is 11.0. The van der Waals surface area contributed by atoms with E-state index >= 15 is 0 Å². The van der Waals surface area contributed by atoms with Crippen LogP contribution in [-0.4, -0.2) is 82.1 Å². The molecule has 72 heavy (non-hydrogen) atoms. The SMILES string of the molecule is Cn1ncnc1SCSC1=C(C(=O)OC(c2ccccc2)c2ccccc2)N2C(=O)[C@@H](NC(=O)/C(=N\OC(c3ccccc3)(c3ccccc3)c3ccccc3)c3csc(NC(=O)OC(C)(C)C)n3)[C@@H]2SC1. The van der Waals surface area contributed by atoms with Gasteiger partial charge in [0, 0.05) is 39.8 Å². The molecular formula is C53H48N8O7S4. The molecule has 3 amide bonds. The fourth-order valence-corrected chi connectivity index (χ4v) is 12.4. The van der Waals surface area contributed by atoms with Crippen LogP contribution in [0.15, 0.2) is 184 Å². The topological polar surface area (TPSA) is 179 Å². The Morgan fingerprint density at radius 2 is 1.36 bits per heavy atom. The Morgan fingerprint density at radius 1 is 0.806 bits per heavy atom. The van der Waals surface area contributed by atoms with Crippen molar-refractivity contribution in [1.82, 2.24) is 30.0 Å². The maximum atomic E-state index is 15.0. The summed E-state index contributed by atoms with van der Waals surface area (Å²) in [6, 6.07) is 46.3. The number of β-lactam (4-membered cyclic amide) rings is 1. The Bertz CT molecular complexity index is 2960. The number of thioether (sulfide) groups is 3. The number of aromatic nitrogens is 4. The number of oxime groups is 1. The molecule has 0 radical (unpaired) electrons. The van der Waals surface area contributed by atoms with Crippen molar-refractivity contribution in [2.75, 3.05) is 16.2 Å². The van der Waals surface area contributed by atoms with Crippen LogP contribution in [0.5, 0.6) is 0 Å². The summed E-state index contributed by atoms with van der Waals surface area (Å²) in [6.45, 7) is 5.23. The lowest BCUT2D eigenvalue weighted by Gasteiger charge is -2.49. The monoisotopic (exact) mass is 1040 g/mol. The van der Waals surface area contributed by atoms with Crippen LogP contribution < -0.4 is 10.6 Å². The molecule has 5 aromatic carbocycles. The molecular weight excluding hydrogens is 989 g/mol. The minimum absolute atomic E-state index is 0.0581. The number of hydrogen-bond donors (Lipinski definition) is 2. The highest BCUT2D eigenvalue weighted by Crippen LogP contribution is 2.46. The second-order valence-electron chi connectivity index (χ2n) is 17.3. The Labute approximate surface area is 432 Å². The predicted molar refractivity (Wildman–Crippen MR) is 281 cm³/mol. The first-order chi connectivity index (χ1) is 34.9. The van der Waals surface area contributed by atoms with Crippen molar-refractivity contribution < 1.29 is 33.5 Å². The number of fused-ring (bicyclic) bond motifs is 1. The van der Waals surface area contributed by atoms with Crippen molar-refractivity contribution in [3.05, 3.63) is 207 Å². The Balaban J connectivity index is 1.06. The number of aryl methyl sites for hydroxylation is 1. The molecule has 19 heteroatoms. The number of benzene rings is 5. The highest BCUT2D eigenvalue weighted by Gasteiger charge is 2.55. The minimum Gasteiger partial charge on any atom is -0.448 e. The summed E-state index contributed by atoms with van der Waals surface area (Å²) in [4.78, 5) is 75.0. The van der Waals surface area contributed by atoms with Crippen LogP contribution in [0.1, 0.15) is 60.4 Å². The van der Waals surface area contributed by atoms with Crippen LogP contribution in [0.3, 0.4) is 0 Å². The third-order valence-corrected chi connectivity index (χ3v) is 15.8. The van der Waals surface area contributed by atoms with Gasteiger partial charge in [-0.15, -0.1) is 34.9 Å². The van der Waals surface area contributed by atoms with Crippen molar-refractivity contribution in [3.8, 4) is 0 Å². The molecule has 0 saturated carbocycles. The molecule has 0 unspecified atom stereocenters. The molecule has 1 saturated heterocycles. The fraction of sp³-hybridized carbons (Fsp3) is 0.208. The van der Waals surface area contributed by atoms with E-state index in [-0.39, 0.29) is 22.2 Å². The van der Waals surface area contributed by atoms with Gasteiger partial charge < -0.3 is 19.6 Å². The molecule has 2 N–H and O–H groups in total. The number of carbonyl (C=O) groups excluding carboxylic acids is 4. The molecule has 4 heterocycles. The molecule has 366 valence electrons. The van der Waals surface area contributed by atoms with Gasteiger partial charge in [0.15, 0.2) is 22.1 Å². The first kappa shape index (κ1) is 49.8. The van der Waals surface area contributed by atoms with E-state index in [0.717, 1.165) is 39.2 Å². The maximum Gasteiger partial charge on any atom is 0.413 e. The Morgan fingerprint density at radius 3 is 1.89 bits per heavy atom. The van der Waals surface area contributed by atoms with Gasteiger partial charge in [-0.25, -0.2) is 24.2 Å². The van der Waals surface area contributed by atoms with Gasteiger partial charge in [0.25, 0.3) is 11.8 Å². The highest BCUT2D eigenvalue weighted by molar-refractivity contribution is 8.18. The molecule has 0 bridgehead atoms. The Hall–Kier alpha value is -7.19. The van der Waals surface area contributed by atoms with Gasteiger partial charge in [-0.2, -0.15) is 5.10 Å². The summed E-state index contributed by atoms with van der Waals surface area (Å²) in [7, 11) is 1.80. The zero-order valence-corrected chi connectivity index (χ0v) is 42.7. The number of thiazole rings is 1. The normalized spacial score (nSPS) is 15.9. The Kier molecular flexibility index (Phi) is 15.3. The van der Waals surface area contributed by atoms with E-state index in [2.05, 4.69) is 30.9 Å². The summed E-state index contributed by atoms with van der Waals surface area (Å²) in [5.74, 6) is -1.67. The highest BCUT2D eigenvalue weighted by atomic mass is 32.2. The van der Waals surface area contributed by atoms with Crippen molar-refractivity contribution in [1.29, 1.82) is 0 Å². The molecule has 0 aliphatic carbocycles. The lowest BCUT2D eigenvalue weighted by Crippen LogP contribution is -2.71. The molecule has 7 aromatic rings. The van der Waals surface area contributed by atoms with Crippen molar-refractivity contribution >= 4 is 81.3 Å². The number of ether oxygens (including phenoxy) is 2. The first-order valence-electron chi connectivity index (χ1n) is 22.7. The first-order valence-corrected chi connectivity index (χ1v) is 26.6. The molecule has 2 aliphatic heterocycles. The van der Waals surface area contributed by atoms with E-state index in [1.54, 1.807) is 37.9 Å². The lowest BCUT2D eigenvalue weighted by molar-refractivity contribution is -0.154. The second kappa shape index (κ2) is 22.1. The number of carbonyl (C=O) groups is 4. The summed E-state index contributed by atoms with van der Waals surface area (Å²) >= 11 is 5.31. The summed E-state index contributed by atoms with van der Waals surface area (Å²) in [6.07, 6.45) is -0.0494. The standard InChI is InChI=1S/C53H48N8O7S4/c1-52(2,3)67-51(65)58-49-56-39(30-70-49)41(59-68-53(36-24-14-7-15-25-36,37-26-16-8-17-27-37)38-28-18-9-19-29-38)45(62)57-42-46(63)61-43(40(31-69-47(42)61)71-33-72-50-54-32-55-60(50)4)48(64)66-44(34-20-10-5-11-21-34)35-22-12-6-13-23-35/h5-30,32,42,44,47H,31,33H2,1-4H3,(H,57,62)(H,56,58,65)/b59-41-/t42-,47+/m1/s1. The van der Waals surface area contributed by atoms with Crippen molar-refractivity contribution in [3.63, 3.8) is 0 Å². The number of amides is 3. The van der Waals surface area contributed by atoms with Crippen molar-refractivity contribution in [2.45, 2.75) is 54.6 Å². The molecule has 2 atom stereocenters. The largest absolute Gasteiger partial charge is 0.448 e. The van der Waals surface area contributed by atoms with Gasteiger partial charge >= 0.3 is 12.1 Å². The summed E-state index contributed by atoms with van der Waals surface area (Å²) in [5, 5.41) is 16.5. The average Bonchev–Trinajstić information content (AvgIpc) is 4.04. The maximum absolute atomic E-state index is 15.0. The quantitative estimate of drug-likeness (QED) is 0.0168. The number of rotatable bonds is 17. The summed E-state index contributed by atoms with van der Waals surface area (Å²) in [5.41, 5.74) is 1.37. The summed E-state index contributed by atoms with van der Waals surface area (Å²) < 4.78 is 13.5. The molecule has 0 spiro atoms. The van der Waals surface area contributed by atoms with Crippen LogP contribution in [-0.2, 0) is 41.3 Å². The number of nitrogens with zero attached hydrogens (tertiary/aromatic N) is 6. The molecule has 15 nitrogen and oxygen atoms in total. The predicted octanol–water partition coefficient (Wildman–Crippen LogP) is 9.76. The van der Waals surface area contributed by atoms with Gasteiger partial charge in [-0.1, -0.05) is 169 Å². The van der Waals surface area contributed by atoms with E-state index in [1.165, 1.54) is 46.5 Å². The molecule has 1 fully saturated rings. The zero-order chi connectivity index (χ0) is 50.2. The van der Waals surface area contributed by atoms with Gasteiger partial charge in [0.2, 0.25) is 5.60 Å². The minimum atomic E-state index is -1.39. The van der Waals surface area contributed by atoms with Crippen LogP contribution in [0.2, 0.25) is 0 Å². The number of anilines is 1. The fourth-order valence-electron chi connectivity index (χ4n) is 8.04. The zero-order valence-electron chi connectivity index (χ0n) is 39.4. The second-order valence-corrected chi connectivity index (χ2v) is 21.6. The van der Waals surface area contributed by atoms with E-state index in [1.807, 2.05) is 152 Å². The van der Waals surface area contributed by atoms with Gasteiger partial charge in [0.05, 0.1) is 5.08 Å². The number of nitrogens with one attached hydrogen (secondary N) is 2. The van der Waals surface area contributed by atoms with E-state index < -0.39 is 52.6 Å². The number of esters is 1. The van der Waals surface area contributed by atoms with E-state index in [0.29, 0.717) is 20.9 Å². The van der Waals surface area contributed by atoms with Crippen molar-refractivity contribution in [2.24, 2.45) is 12.2 Å². The molecule has 9 rings (SSSR count). The lowest BCUT2D eigenvalue weighted by atomic mass is 9.80. The van der Waals surface area contributed by atoms with Gasteiger partial charge in [-0.05, 0) is 31.9 Å². The van der Waals surface area contributed by atoms with Crippen LogP contribution in [0, 0.1) is 0 Å². The number of hydrogen-bond acceptors (Lipinski definition) is 15. The van der Waals surface area contributed by atoms with E-state index in [4.69, 9.17) is 14.3 Å². The van der Waals surface area contributed by atoms with Crippen LogP contribution in [0.4, 0.5) is 9.93 Å². The van der Waals surface area contributed by atoms with Gasteiger partial charge in [0.1, 0.15) is 34.7 Å². The smallest absolute Gasteiger partial charge is 0.413 e. The van der Waals surface area contributed by atoms with E-state index in [9.17, 15) is 19.2 Å². The van der Waals surface area contributed by atoms with Crippen LogP contribution >= 0.6 is 46.6 Å². The van der Waals surface area contributed by atoms with Gasteiger partial charge in [-0.3, -0.25) is 19.8 Å². The van der Waals surface area contributed by atoms with Crippen LogP contribution in [0.25, 0.3) is 0 Å².